The van der Waals surface area contributed by atoms with Crippen LogP contribution in [0.25, 0.3) is 0 Å². The van der Waals surface area contributed by atoms with Crippen LogP contribution in [0.4, 0.5) is 0 Å². The fourth-order valence-electron chi connectivity index (χ4n) is 2.49. The summed E-state index contributed by atoms with van der Waals surface area (Å²) < 4.78 is 0. The number of likely N-dealkylation sites (tertiary alicyclic amines) is 1. The molecule has 1 aliphatic rings. The molecule has 0 bridgehead atoms. The van der Waals surface area contributed by atoms with Crippen LogP contribution in [0.1, 0.15) is 41.5 Å². The van der Waals surface area contributed by atoms with Crippen LogP contribution in [0.15, 0.2) is 6.07 Å². The zero-order valence-corrected chi connectivity index (χ0v) is 11.8. The number of amides is 1. The maximum Gasteiger partial charge on any atom is 0.308 e. The minimum absolute atomic E-state index is 0.134. The molecule has 2 heterocycles. The minimum atomic E-state index is -0.831. The molecule has 1 aromatic rings. The fraction of sp³-hybridized carbons (Fsp3) is 0.571. The third kappa shape index (κ3) is 2.95. The molecule has 1 saturated heterocycles. The summed E-state index contributed by atoms with van der Waals surface area (Å²) in [6.07, 6.45) is 1.99. The zero-order chi connectivity index (χ0) is 14.7. The molecular formula is C14H19N3O3. The number of carboxylic acid groups (broad SMARTS) is 1. The second-order valence-corrected chi connectivity index (χ2v) is 5.13. The summed E-state index contributed by atoms with van der Waals surface area (Å²) in [4.78, 5) is 25.3. The predicted molar refractivity (Wildman–Crippen MR) is 72.4 cm³/mol. The van der Waals surface area contributed by atoms with Gasteiger partial charge in [-0.05, 0) is 32.3 Å². The molecule has 1 aliphatic heterocycles. The normalized spacial score (nSPS) is 18.9. The molecule has 1 N–H and O–H groups in total. The Morgan fingerprint density at radius 3 is 2.85 bits per heavy atom. The van der Waals surface area contributed by atoms with Crippen LogP contribution in [0.2, 0.25) is 0 Å². The van der Waals surface area contributed by atoms with Crippen molar-refractivity contribution in [1.82, 2.24) is 15.1 Å². The highest BCUT2D eigenvalue weighted by molar-refractivity contribution is 5.95. The summed E-state index contributed by atoms with van der Waals surface area (Å²) in [6, 6.07) is 1.73. The van der Waals surface area contributed by atoms with Crippen LogP contribution in [-0.4, -0.2) is 45.2 Å². The second kappa shape index (κ2) is 5.98. The Bertz CT molecular complexity index is 530. The molecule has 0 aliphatic carbocycles. The van der Waals surface area contributed by atoms with Gasteiger partial charge in [-0.1, -0.05) is 6.92 Å². The Labute approximate surface area is 117 Å². The standard InChI is InChI=1S/C14H19N3O3/c1-3-12-11(7-9(2)15-16-12)13(18)17-6-4-5-10(8-17)14(19)20/h7,10H,3-6,8H2,1-2H3,(H,19,20)/t10-/m1/s1. The predicted octanol–water partition coefficient (Wildman–Crippen LogP) is 1.28. The summed E-state index contributed by atoms with van der Waals surface area (Å²) in [5.41, 5.74) is 1.90. The summed E-state index contributed by atoms with van der Waals surface area (Å²) in [6.45, 7) is 4.59. The molecule has 0 aromatic carbocycles. The van der Waals surface area contributed by atoms with Gasteiger partial charge >= 0.3 is 5.97 Å². The molecule has 0 saturated carbocycles. The number of nitrogens with zero attached hydrogens (tertiary/aromatic N) is 3. The van der Waals surface area contributed by atoms with E-state index in [0.717, 1.165) is 6.42 Å². The van der Waals surface area contributed by atoms with Crippen LogP contribution >= 0.6 is 0 Å². The molecule has 2 rings (SSSR count). The Morgan fingerprint density at radius 2 is 2.20 bits per heavy atom. The van der Waals surface area contributed by atoms with Crippen LogP contribution in [0.3, 0.4) is 0 Å². The number of rotatable bonds is 3. The quantitative estimate of drug-likeness (QED) is 0.900. The number of carbonyl (C=O) groups excluding carboxylic acids is 1. The van der Waals surface area contributed by atoms with E-state index in [1.165, 1.54) is 0 Å². The van der Waals surface area contributed by atoms with Gasteiger partial charge in [0, 0.05) is 13.1 Å². The number of carboxylic acids is 1. The molecule has 0 radical (unpaired) electrons. The first-order valence-corrected chi connectivity index (χ1v) is 6.88. The van der Waals surface area contributed by atoms with Crippen LogP contribution in [0, 0.1) is 12.8 Å². The van der Waals surface area contributed by atoms with Crippen molar-refractivity contribution in [2.24, 2.45) is 5.92 Å². The van der Waals surface area contributed by atoms with E-state index in [9.17, 15) is 9.59 Å². The van der Waals surface area contributed by atoms with E-state index in [-0.39, 0.29) is 12.5 Å². The molecule has 1 fully saturated rings. The smallest absolute Gasteiger partial charge is 0.308 e. The molecule has 6 heteroatoms. The van der Waals surface area contributed by atoms with E-state index in [1.807, 2.05) is 6.92 Å². The molecule has 1 atom stereocenters. The highest BCUT2D eigenvalue weighted by Crippen LogP contribution is 2.20. The highest BCUT2D eigenvalue weighted by atomic mass is 16.4. The van der Waals surface area contributed by atoms with Gasteiger partial charge in [0.05, 0.1) is 22.9 Å². The Morgan fingerprint density at radius 1 is 1.45 bits per heavy atom. The number of aryl methyl sites for hydroxylation is 2. The van der Waals surface area contributed by atoms with Gasteiger partial charge in [0.2, 0.25) is 0 Å². The molecule has 1 amide bonds. The van der Waals surface area contributed by atoms with Gasteiger partial charge in [-0.15, -0.1) is 0 Å². The minimum Gasteiger partial charge on any atom is -0.481 e. The fourth-order valence-corrected chi connectivity index (χ4v) is 2.49. The SMILES string of the molecule is CCc1nnc(C)cc1C(=O)N1CCC[C@@H](C(=O)O)C1. The summed E-state index contributed by atoms with van der Waals surface area (Å²) in [7, 11) is 0. The molecular weight excluding hydrogens is 258 g/mol. The largest absolute Gasteiger partial charge is 0.481 e. The lowest BCUT2D eigenvalue weighted by Gasteiger charge is -2.31. The second-order valence-electron chi connectivity index (χ2n) is 5.13. The summed E-state index contributed by atoms with van der Waals surface area (Å²) in [5, 5.41) is 17.1. The molecule has 6 nitrogen and oxygen atoms in total. The van der Waals surface area contributed by atoms with Gasteiger partial charge in [0.15, 0.2) is 0 Å². The first-order chi connectivity index (χ1) is 9.52. The van der Waals surface area contributed by atoms with E-state index >= 15 is 0 Å². The molecule has 0 spiro atoms. The van der Waals surface area contributed by atoms with Gasteiger partial charge in [-0.2, -0.15) is 10.2 Å². The third-order valence-electron chi connectivity index (χ3n) is 3.62. The highest BCUT2D eigenvalue weighted by Gasteiger charge is 2.29. The van der Waals surface area contributed by atoms with E-state index < -0.39 is 11.9 Å². The monoisotopic (exact) mass is 277 g/mol. The average Bonchev–Trinajstić information content (AvgIpc) is 2.46. The zero-order valence-electron chi connectivity index (χ0n) is 11.8. The first kappa shape index (κ1) is 14.4. The van der Waals surface area contributed by atoms with Gasteiger partial charge in [-0.3, -0.25) is 9.59 Å². The van der Waals surface area contributed by atoms with E-state index in [0.29, 0.717) is 36.3 Å². The lowest BCUT2D eigenvalue weighted by atomic mass is 9.97. The van der Waals surface area contributed by atoms with E-state index in [1.54, 1.807) is 17.9 Å². The molecule has 108 valence electrons. The number of aromatic nitrogens is 2. The van der Waals surface area contributed by atoms with E-state index in [2.05, 4.69) is 10.2 Å². The molecule has 0 unspecified atom stereocenters. The van der Waals surface area contributed by atoms with E-state index in [4.69, 9.17) is 5.11 Å². The summed E-state index contributed by atoms with van der Waals surface area (Å²) >= 11 is 0. The van der Waals surface area contributed by atoms with Crippen LogP contribution in [-0.2, 0) is 11.2 Å². The number of hydrogen-bond donors (Lipinski definition) is 1. The van der Waals surface area contributed by atoms with Gasteiger partial charge in [0.1, 0.15) is 0 Å². The maximum absolute atomic E-state index is 12.6. The number of piperidine rings is 1. The molecule has 20 heavy (non-hydrogen) atoms. The van der Waals surface area contributed by atoms with Crippen molar-refractivity contribution in [3.8, 4) is 0 Å². The van der Waals surface area contributed by atoms with Crippen molar-refractivity contribution in [2.45, 2.75) is 33.1 Å². The Balaban J connectivity index is 2.22. The third-order valence-corrected chi connectivity index (χ3v) is 3.62. The van der Waals surface area contributed by atoms with Crippen molar-refractivity contribution >= 4 is 11.9 Å². The Kier molecular flexibility index (Phi) is 4.32. The number of hydrogen-bond acceptors (Lipinski definition) is 4. The maximum atomic E-state index is 12.6. The van der Waals surface area contributed by atoms with Crippen LogP contribution < -0.4 is 0 Å². The van der Waals surface area contributed by atoms with Crippen molar-refractivity contribution in [3.63, 3.8) is 0 Å². The van der Waals surface area contributed by atoms with Gasteiger partial charge in [-0.25, -0.2) is 0 Å². The van der Waals surface area contributed by atoms with Crippen molar-refractivity contribution in [2.75, 3.05) is 13.1 Å². The van der Waals surface area contributed by atoms with Crippen molar-refractivity contribution in [1.29, 1.82) is 0 Å². The lowest BCUT2D eigenvalue weighted by Crippen LogP contribution is -2.42. The van der Waals surface area contributed by atoms with Crippen molar-refractivity contribution in [3.05, 3.63) is 23.0 Å². The first-order valence-electron chi connectivity index (χ1n) is 6.88. The Hall–Kier alpha value is -1.98. The van der Waals surface area contributed by atoms with Crippen molar-refractivity contribution < 1.29 is 14.7 Å². The lowest BCUT2D eigenvalue weighted by molar-refractivity contribution is -0.143. The van der Waals surface area contributed by atoms with Crippen LogP contribution in [0.5, 0.6) is 0 Å². The summed E-state index contributed by atoms with van der Waals surface area (Å²) in [5.74, 6) is -1.43. The van der Waals surface area contributed by atoms with Gasteiger partial charge in [0.25, 0.3) is 5.91 Å². The van der Waals surface area contributed by atoms with Gasteiger partial charge < -0.3 is 10.0 Å². The number of aliphatic carboxylic acids is 1. The average molecular weight is 277 g/mol. The molecule has 1 aromatic heterocycles. The topological polar surface area (TPSA) is 83.4 Å². The number of carbonyl (C=O) groups is 2.